The van der Waals surface area contributed by atoms with E-state index in [9.17, 15) is 5.11 Å². The van der Waals surface area contributed by atoms with Crippen molar-refractivity contribution in [2.45, 2.75) is 19.5 Å². The van der Waals surface area contributed by atoms with Gasteiger partial charge in [-0.3, -0.25) is 10.2 Å². The van der Waals surface area contributed by atoms with Crippen LogP contribution in [0.15, 0.2) is 0 Å². The van der Waals surface area contributed by atoms with E-state index in [0.29, 0.717) is 6.54 Å². The monoisotopic (exact) mass is 232 g/mol. The van der Waals surface area contributed by atoms with Crippen molar-refractivity contribution in [1.82, 2.24) is 15.5 Å². The lowest BCUT2D eigenvalue weighted by atomic mass is 9.95. The number of aliphatic hydroxyl groups is 1. The number of hydrogen-bond donors (Lipinski definition) is 4. The molecule has 5 N–H and O–H groups in total. The summed E-state index contributed by atoms with van der Waals surface area (Å²) in [6.07, 6.45) is 0. The summed E-state index contributed by atoms with van der Waals surface area (Å²) in [5.41, 5.74) is 5.21. The molecule has 98 valence electrons. The fourth-order valence-electron chi connectivity index (χ4n) is 1.58. The van der Waals surface area contributed by atoms with E-state index in [1.165, 1.54) is 0 Å². The molecule has 0 amide bonds. The van der Waals surface area contributed by atoms with Crippen LogP contribution in [0.4, 0.5) is 0 Å². The van der Waals surface area contributed by atoms with Crippen molar-refractivity contribution in [3.63, 3.8) is 0 Å². The van der Waals surface area contributed by atoms with E-state index in [2.05, 4.69) is 22.5 Å². The molecule has 16 heavy (non-hydrogen) atoms. The van der Waals surface area contributed by atoms with Gasteiger partial charge in [0.2, 0.25) is 0 Å². The van der Waals surface area contributed by atoms with Gasteiger partial charge in [0.05, 0.1) is 5.66 Å². The van der Waals surface area contributed by atoms with Crippen LogP contribution in [-0.2, 0) is 0 Å². The SMILES string of the molecule is CC(CO)C(C)(NCCNCCN)N(C)C. The highest BCUT2D eigenvalue weighted by Crippen LogP contribution is 2.18. The Labute approximate surface area is 99.4 Å². The molecule has 0 aromatic heterocycles. The zero-order valence-electron chi connectivity index (χ0n) is 11.1. The summed E-state index contributed by atoms with van der Waals surface area (Å²) in [6, 6.07) is 0. The van der Waals surface area contributed by atoms with E-state index in [1.54, 1.807) is 0 Å². The van der Waals surface area contributed by atoms with Gasteiger partial charge in [0.15, 0.2) is 0 Å². The average Bonchev–Trinajstić information content (AvgIpc) is 2.27. The highest BCUT2D eigenvalue weighted by Gasteiger charge is 2.32. The van der Waals surface area contributed by atoms with Crippen molar-refractivity contribution in [1.29, 1.82) is 0 Å². The van der Waals surface area contributed by atoms with E-state index < -0.39 is 0 Å². The predicted octanol–water partition coefficient (Wildman–Crippen LogP) is -0.969. The Morgan fingerprint density at radius 2 is 1.94 bits per heavy atom. The van der Waals surface area contributed by atoms with Crippen molar-refractivity contribution >= 4 is 0 Å². The van der Waals surface area contributed by atoms with Crippen molar-refractivity contribution in [3.05, 3.63) is 0 Å². The lowest BCUT2D eigenvalue weighted by molar-refractivity contribution is 0.0355. The minimum absolute atomic E-state index is 0.178. The fourth-order valence-corrected chi connectivity index (χ4v) is 1.58. The molecule has 0 aromatic carbocycles. The molecule has 2 atom stereocenters. The highest BCUT2D eigenvalue weighted by atomic mass is 16.3. The molecule has 0 saturated carbocycles. The molecule has 0 spiro atoms. The van der Waals surface area contributed by atoms with Crippen molar-refractivity contribution in [3.8, 4) is 0 Å². The third kappa shape index (κ3) is 4.76. The standard InChI is InChI=1S/C11H28N4O/c1-10(9-16)11(2,15(3)4)14-8-7-13-6-5-12/h10,13-14,16H,5-9,12H2,1-4H3. The quantitative estimate of drug-likeness (QED) is 0.304. The zero-order chi connectivity index (χ0) is 12.6. The van der Waals surface area contributed by atoms with Crippen LogP contribution in [-0.4, -0.2) is 62.6 Å². The smallest absolute Gasteiger partial charge is 0.0727 e. The third-order valence-electron chi connectivity index (χ3n) is 3.27. The summed E-state index contributed by atoms with van der Waals surface area (Å²) >= 11 is 0. The predicted molar refractivity (Wildman–Crippen MR) is 68.3 cm³/mol. The minimum atomic E-state index is -0.181. The van der Waals surface area contributed by atoms with E-state index in [4.69, 9.17) is 5.73 Å². The third-order valence-corrected chi connectivity index (χ3v) is 3.27. The van der Waals surface area contributed by atoms with Crippen molar-refractivity contribution in [2.75, 3.05) is 46.9 Å². The second-order valence-corrected chi connectivity index (χ2v) is 4.59. The second kappa shape index (κ2) is 7.97. The van der Waals surface area contributed by atoms with Crippen LogP contribution < -0.4 is 16.4 Å². The number of nitrogens with zero attached hydrogens (tertiary/aromatic N) is 1. The topological polar surface area (TPSA) is 73.5 Å². The van der Waals surface area contributed by atoms with E-state index in [-0.39, 0.29) is 18.2 Å². The Balaban J connectivity index is 4.03. The summed E-state index contributed by atoms with van der Waals surface area (Å²) in [6.45, 7) is 7.58. The first-order valence-electron chi connectivity index (χ1n) is 5.93. The Morgan fingerprint density at radius 3 is 2.38 bits per heavy atom. The van der Waals surface area contributed by atoms with Gasteiger partial charge in [0, 0.05) is 38.7 Å². The molecule has 0 saturated heterocycles. The first-order chi connectivity index (χ1) is 7.49. The first kappa shape index (κ1) is 15.8. The van der Waals surface area contributed by atoms with E-state index in [1.807, 2.05) is 21.0 Å². The van der Waals surface area contributed by atoms with Gasteiger partial charge < -0.3 is 16.2 Å². The van der Waals surface area contributed by atoms with Gasteiger partial charge in [-0.1, -0.05) is 6.92 Å². The number of aliphatic hydroxyl groups excluding tert-OH is 1. The van der Waals surface area contributed by atoms with Crippen LogP contribution in [0.3, 0.4) is 0 Å². The highest BCUT2D eigenvalue weighted by molar-refractivity contribution is 4.85. The van der Waals surface area contributed by atoms with Crippen LogP contribution in [0.5, 0.6) is 0 Å². The summed E-state index contributed by atoms with van der Waals surface area (Å²) < 4.78 is 0. The maximum absolute atomic E-state index is 9.26. The molecule has 0 bridgehead atoms. The molecule has 0 aliphatic heterocycles. The molecule has 2 unspecified atom stereocenters. The van der Waals surface area contributed by atoms with Crippen LogP contribution in [0.1, 0.15) is 13.8 Å². The zero-order valence-corrected chi connectivity index (χ0v) is 11.1. The number of rotatable bonds is 9. The van der Waals surface area contributed by atoms with Gasteiger partial charge >= 0.3 is 0 Å². The van der Waals surface area contributed by atoms with E-state index >= 15 is 0 Å². The molecule has 0 aliphatic rings. The van der Waals surface area contributed by atoms with E-state index in [0.717, 1.165) is 19.6 Å². The summed E-state index contributed by atoms with van der Waals surface area (Å²) in [5.74, 6) is 0.178. The van der Waals surface area contributed by atoms with Crippen molar-refractivity contribution < 1.29 is 5.11 Å². The van der Waals surface area contributed by atoms with Crippen LogP contribution in [0.2, 0.25) is 0 Å². The molecule has 5 heteroatoms. The number of nitrogens with two attached hydrogens (primary N) is 1. The molecule has 0 rings (SSSR count). The lowest BCUT2D eigenvalue weighted by Gasteiger charge is -2.42. The average molecular weight is 232 g/mol. The molecular formula is C11H28N4O. The van der Waals surface area contributed by atoms with Crippen LogP contribution in [0, 0.1) is 5.92 Å². The molecule has 0 radical (unpaired) electrons. The van der Waals surface area contributed by atoms with Gasteiger partial charge in [-0.15, -0.1) is 0 Å². The summed E-state index contributed by atoms with van der Waals surface area (Å²) in [4.78, 5) is 2.11. The van der Waals surface area contributed by atoms with Crippen LogP contribution >= 0.6 is 0 Å². The molecule has 0 aliphatic carbocycles. The second-order valence-electron chi connectivity index (χ2n) is 4.59. The number of nitrogens with one attached hydrogen (secondary N) is 2. The van der Waals surface area contributed by atoms with Gasteiger partial charge in [0.25, 0.3) is 0 Å². The van der Waals surface area contributed by atoms with Gasteiger partial charge in [-0.25, -0.2) is 0 Å². The fraction of sp³-hybridized carbons (Fsp3) is 1.00. The lowest BCUT2D eigenvalue weighted by Crippen LogP contribution is -2.60. The summed E-state index contributed by atoms with van der Waals surface area (Å²) in [5, 5.41) is 16.0. The Hall–Kier alpha value is -0.200. The maximum Gasteiger partial charge on any atom is 0.0727 e. The molecule has 0 fully saturated rings. The Morgan fingerprint density at radius 1 is 1.31 bits per heavy atom. The van der Waals surface area contributed by atoms with Crippen molar-refractivity contribution in [2.24, 2.45) is 11.7 Å². The van der Waals surface area contributed by atoms with Gasteiger partial charge in [0.1, 0.15) is 0 Å². The van der Waals surface area contributed by atoms with Crippen LogP contribution in [0.25, 0.3) is 0 Å². The number of hydrogen-bond acceptors (Lipinski definition) is 5. The largest absolute Gasteiger partial charge is 0.396 e. The molecule has 0 heterocycles. The minimum Gasteiger partial charge on any atom is -0.396 e. The molecule has 5 nitrogen and oxygen atoms in total. The van der Waals surface area contributed by atoms with Gasteiger partial charge in [-0.05, 0) is 21.0 Å². The normalized spacial score (nSPS) is 17.4. The molecule has 0 aromatic rings. The summed E-state index contributed by atoms with van der Waals surface area (Å²) in [7, 11) is 4.04. The van der Waals surface area contributed by atoms with Gasteiger partial charge in [-0.2, -0.15) is 0 Å². The Bertz CT molecular complexity index is 177. The molecular weight excluding hydrogens is 204 g/mol. The first-order valence-corrected chi connectivity index (χ1v) is 5.93. The maximum atomic E-state index is 9.26. The Kier molecular flexibility index (Phi) is 7.87.